The topological polar surface area (TPSA) is 48.0 Å². The fraction of sp³-hybridized carbons (Fsp3) is 0.259. The van der Waals surface area contributed by atoms with Crippen LogP contribution < -0.4 is 9.47 Å². The van der Waals surface area contributed by atoms with E-state index in [0.29, 0.717) is 33.9 Å². The molecule has 0 aromatic heterocycles. The molecule has 0 unspecified atom stereocenters. The summed E-state index contributed by atoms with van der Waals surface area (Å²) in [7, 11) is 1.61. The molecule has 0 spiro atoms. The highest BCUT2D eigenvalue weighted by atomic mass is 32.2. The minimum absolute atomic E-state index is 0.0684. The Morgan fingerprint density at radius 1 is 1.12 bits per heavy atom. The first-order valence-corrected chi connectivity index (χ1v) is 12.5. The molecule has 34 heavy (non-hydrogen) atoms. The van der Waals surface area contributed by atoms with Gasteiger partial charge < -0.3 is 14.2 Å². The number of carbonyl (C=O) groups is 1. The summed E-state index contributed by atoms with van der Waals surface area (Å²) in [5, 5.41) is 2.39. The molecule has 2 saturated heterocycles. The zero-order valence-corrected chi connectivity index (χ0v) is 20.5. The van der Waals surface area contributed by atoms with Crippen LogP contribution in [0.2, 0.25) is 0 Å². The largest absolute Gasteiger partial charge is 0.493 e. The monoisotopic (exact) mass is 491 g/mol. The van der Waals surface area contributed by atoms with Crippen LogP contribution in [0.3, 0.4) is 0 Å². The molecule has 0 aliphatic carbocycles. The van der Waals surface area contributed by atoms with Crippen LogP contribution in [-0.2, 0) is 16.1 Å². The molecule has 3 aromatic carbocycles. The van der Waals surface area contributed by atoms with Crippen molar-refractivity contribution in [1.29, 1.82) is 0 Å². The lowest BCUT2D eigenvalue weighted by Crippen LogP contribution is -2.35. The van der Waals surface area contributed by atoms with E-state index in [2.05, 4.69) is 30.3 Å². The predicted octanol–water partition coefficient (Wildman–Crippen LogP) is 5.81. The zero-order chi connectivity index (χ0) is 23.5. The van der Waals surface area contributed by atoms with Gasteiger partial charge in [0.2, 0.25) is 0 Å². The van der Waals surface area contributed by atoms with E-state index in [-0.39, 0.29) is 12.0 Å². The van der Waals surface area contributed by atoms with Crippen molar-refractivity contribution >= 4 is 51.1 Å². The van der Waals surface area contributed by atoms with Crippen LogP contribution in [0, 0.1) is 0 Å². The number of rotatable bonds is 7. The molecule has 5 rings (SSSR count). The molecule has 1 amide bonds. The van der Waals surface area contributed by atoms with Gasteiger partial charge in [0.15, 0.2) is 11.5 Å². The lowest BCUT2D eigenvalue weighted by molar-refractivity contribution is -0.123. The van der Waals surface area contributed by atoms with Crippen molar-refractivity contribution in [2.24, 2.45) is 0 Å². The molecular formula is C27H25NO4S2. The van der Waals surface area contributed by atoms with Crippen LogP contribution >= 0.6 is 24.0 Å². The van der Waals surface area contributed by atoms with Gasteiger partial charge in [0.1, 0.15) is 10.9 Å². The van der Waals surface area contributed by atoms with Gasteiger partial charge in [-0.15, -0.1) is 0 Å². The van der Waals surface area contributed by atoms with Crippen molar-refractivity contribution in [2.75, 3.05) is 20.3 Å². The summed E-state index contributed by atoms with van der Waals surface area (Å²) < 4.78 is 17.9. The Kier molecular flexibility index (Phi) is 6.85. The Morgan fingerprint density at radius 2 is 1.97 bits per heavy atom. The van der Waals surface area contributed by atoms with E-state index < -0.39 is 0 Å². The molecule has 7 heteroatoms. The molecule has 0 saturated carbocycles. The van der Waals surface area contributed by atoms with E-state index in [0.717, 1.165) is 30.6 Å². The summed E-state index contributed by atoms with van der Waals surface area (Å²) >= 11 is 6.78. The number of fused-ring (bicyclic) bond motifs is 1. The highest BCUT2D eigenvalue weighted by molar-refractivity contribution is 8.26. The van der Waals surface area contributed by atoms with Crippen molar-refractivity contribution in [3.05, 3.63) is 76.7 Å². The Hall–Kier alpha value is -2.87. The van der Waals surface area contributed by atoms with Gasteiger partial charge >= 0.3 is 0 Å². The second-order valence-electron chi connectivity index (χ2n) is 8.31. The van der Waals surface area contributed by atoms with Crippen molar-refractivity contribution in [3.8, 4) is 11.5 Å². The Labute approximate surface area is 208 Å². The molecule has 174 valence electrons. The third kappa shape index (κ3) is 4.97. The van der Waals surface area contributed by atoms with E-state index in [1.807, 2.05) is 36.4 Å². The van der Waals surface area contributed by atoms with Crippen molar-refractivity contribution in [3.63, 3.8) is 0 Å². The Morgan fingerprint density at radius 3 is 2.76 bits per heavy atom. The van der Waals surface area contributed by atoms with Gasteiger partial charge in [-0.1, -0.05) is 66.4 Å². The second kappa shape index (κ2) is 10.2. The van der Waals surface area contributed by atoms with Crippen LogP contribution in [-0.4, -0.2) is 41.5 Å². The number of ether oxygens (including phenoxy) is 3. The maximum absolute atomic E-state index is 12.9. The SMILES string of the molecule is COc1cc(/C=C2\SC(=S)N(C[C@@H]3CCCO3)C2=O)ccc1OCc1ccc2ccccc2c1. The number of amides is 1. The minimum Gasteiger partial charge on any atom is -0.493 e. The molecule has 3 aromatic rings. The molecule has 5 nitrogen and oxygen atoms in total. The number of hydrogen-bond acceptors (Lipinski definition) is 6. The predicted molar refractivity (Wildman–Crippen MR) is 140 cm³/mol. The highest BCUT2D eigenvalue weighted by Crippen LogP contribution is 2.35. The van der Waals surface area contributed by atoms with Crippen molar-refractivity contribution in [2.45, 2.75) is 25.6 Å². The summed E-state index contributed by atoms with van der Waals surface area (Å²) in [6, 6.07) is 20.2. The molecule has 0 radical (unpaired) electrons. The van der Waals surface area contributed by atoms with Gasteiger partial charge in [-0.25, -0.2) is 0 Å². The number of thioether (sulfide) groups is 1. The highest BCUT2D eigenvalue weighted by Gasteiger charge is 2.34. The first-order chi connectivity index (χ1) is 16.6. The second-order valence-corrected chi connectivity index (χ2v) is 9.98. The van der Waals surface area contributed by atoms with E-state index >= 15 is 0 Å². The van der Waals surface area contributed by atoms with E-state index in [1.165, 1.54) is 22.5 Å². The summed E-state index contributed by atoms with van der Waals surface area (Å²) in [5.41, 5.74) is 1.94. The fourth-order valence-electron chi connectivity index (χ4n) is 4.18. The molecule has 2 aliphatic heterocycles. The van der Waals surface area contributed by atoms with Gasteiger partial charge in [-0.3, -0.25) is 9.69 Å². The molecule has 2 heterocycles. The maximum Gasteiger partial charge on any atom is 0.266 e. The number of nitrogens with zero attached hydrogens (tertiary/aromatic N) is 1. The van der Waals surface area contributed by atoms with Gasteiger partial charge in [0, 0.05) is 6.61 Å². The maximum atomic E-state index is 12.9. The lowest BCUT2D eigenvalue weighted by Gasteiger charge is -2.18. The molecule has 0 bridgehead atoms. The Bertz CT molecular complexity index is 1270. The van der Waals surface area contributed by atoms with Gasteiger partial charge in [0.05, 0.1) is 24.7 Å². The molecule has 2 aliphatic rings. The first-order valence-electron chi connectivity index (χ1n) is 11.3. The summed E-state index contributed by atoms with van der Waals surface area (Å²) in [5.74, 6) is 1.20. The Balaban J connectivity index is 1.28. The smallest absolute Gasteiger partial charge is 0.266 e. The first kappa shape index (κ1) is 22.9. The number of carbonyl (C=O) groups excluding carboxylic acids is 1. The van der Waals surface area contributed by atoms with Gasteiger partial charge in [0.25, 0.3) is 5.91 Å². The quantitative estimate of drug-likeness (QED) is 0.307. The van der Waals surface area contributed by atoms with Crippen molar-refractivity contribution < 1.29 is 19.0 Å². The van der Waals surface area contributed by atoms with E-state index in [9.17, 15) is 4.79 Å². The fourth-order valence-corrected chi connectivity index (χ4v) is 5.46. The minimum atomic E-state index is -0.0684. The third-order valence-corrected chi connectivity index (χ3v) is 7.36. The number of thiocarbonyl (C=S) groups is 1. The third-order valence-electron chi connectivity index (χ3n) is 5.98. The van der Waals surface area contributed by atoms with Crippen LogP contribution in [0.5, 0.6) is 11.5 Å². The number of hydrogen-bond donors (Lipinski definition) is 0. The van der Waals surface area contributed by atoms with Gasteiger partial charge in [-0.2, -0.15) is 0 Å². The van der Waals surface area contributed by atoms with E-state index in [4.69, 9.17) is 26.4 Å². The average Bonchev–Trinajstić information content (AvgIpc) is 3.47. The molecule has 2 fully saturated rings. The normalized spacial score (nSPS) is 19.4. The van der Waals surface area contributed by atoms with Crippen LogP contribution in [0.1, 0.15) is 24.0 Å². The van der Waals surface area contributed by atoms with Crippen LogP contribution in [0.25, 0.3) is 16.8 Å². The summed E-state index contributed by atoms with van der Waals surface area (Å²) in [6.07, 6.45) is 3.92. The number of benzene rings is 3. The molecular weight excluding hydrogens is 466 g/mol. The zero-order valence-electron chi connectivity index (χ0n) is 18.9. The average molecular weight is 492 g/mol. The van der Waals surface area contributed by atoms with Crippen LogP contribution in [0.15, 0.2) is 65.6 Å². The lowest BCUT2D eigenvalue weighted by atomic mass is 10.1. The molecule has 0 N–H and O–H groups in total. The summed E-state index contributed by atoms with van der Waals surface area (Å²) in [6.45, 7) is 1.71. The van der Waals surface area contributed by atoms with Crippen LogP contribution in [0.4, 0.5) is 0 Å². The summed E-state index contributed by atoms with van der Waals surface area (Å²) in [4.78, 5) is 15.2. The standard InChI is InChI=1S/C27H25NO4S2/c1-30-24-14-18(15-25-26(29)28(27(33)34-25)16-22-7-4-12-31-22)9-11-23(24)32-17-19-8-10-20-5-2-3-6-21(20)13-19/h2-3,5-6,8-11,13-15,22H,4,7,12,16-17H2,1H3/b25-15-/t22-/m0/s1. The molecule has 1 atom stereocenters. The van der Waals surface area contributed by atoms with Gasteiger partial charge in [-0.05, 0) is 59.0 Å². The van der Waals surface area contributed by atoms with E-state index in [1.54, 1.807) is 12.0 Å². The van der Waals surface area contributed by atoms with Crippen molar-refractivity contribution in [1.82, 2.24) is 4.90 Å². The number of methoxy groups -OCH3 is 1.